The topological polar surface area (TPSA) is 67.6 Å². The predicted molar refractivity (Wildman–Crippen MR) is 85.3 cm³/mol. The maximum absolute atomic E-state index is 12.9. The van der Waals surface area contributed by atoms with Gasteiger partial charge in [0.1, 0.15) is 0 Å². The number of hydrogen-bond donors (Lipinski definition) is 0. The van der Waals surface area contributed by atoms with Crippen LogP contribution in [0, 0.1) is 0 Å². The fourth-order valence-corrected chi connectivity index (χ4v) is 4.78. The molecular weight excluding hydrogens is 312 g/mol. The summed E-state index contributed by atoms with van der Waals surface area (Å²) in [5.41, 5.74) is 0.728. The lowest BCUT2D eigenvalue weighted by atomic mass is 10.2. The number of benzene rings is 1. The first kappa shape index (κ1) is 14.3. The normalized spacial score (nSPS) is 19.4. The highest BCUT2D eigenvalue weighted by Crippen LogP contribution is 2.35. The maximum atomic E-state index is 12.9. The third-order valence-electron chi connectivity index (χ3n) is 4.19. The van der Waals surface area contributed by atoms with Crippen molar-refractivity contribution in [2.24, 2.45) is 0 Å². The summed E-state index contributed by atoms with van der Waals surface area (Å²) >= 11 is 0. The second-order valence-corrected chi connectivity index (χ2v) is 7.46. The van der Waals surface area contributed by atoms with Crippen LogP contribution in [-0.4, -0.2) is 33.9 Å². The Bertz CT molecular complexity index is 937. The number of sulfonamides is 1. The zero-order valence-corrected chi connectivity index (χ0v) is 13.2. The number of pyridine rings is 1. The maximum Gasteiger partial charge on any atom is 0.243 e. The van der Waals surface area contributed by atoms with Crippen LogP contribution in [0.5, 0.6) is 0 Å². The van der Waals surface area contributed by atoms with Crippen molar-refractivity contribution in [3.05, 3.63) is 60.6 Å². The Labute approximate surface area is 134 Å². The van der Waals surface area contributed by atoms with Crippen molar-refractivity contribution in [2.75, 3.05) is 6.54 Å². The van der Waals surface area contributed by atoms with E-state index in [1.165, 1.54) is 0 Å². The Kier molecular flexibility index (Phi) is 3.39. The van der Waals surface area contributed by atoms with Gasteiger partial charge in [-0.3, -0.25) is 4.40 Å². The standard InChI is InChI=1S/C16H16N4O2S/c21-23(22,13-7-2-1-3-8-13)20-12-6-9-14(20)16-18-17-15-10-4-5-11-19(15)16/h1-5,7-8,10-11,14H,6,9,12H2. The zero-order chi connectivity index (χ0) is 15.9. The molecule has 0 saturated carbocycles. The van der Waals surface area contributed by atoms with E-state index in [0.29, 0.717) is 17.3 Å². The van der Waals surface area contributed by atoms with Gasteiger partial charge in [0.2, 0.25) is 10.0 Å². The first-order valence-corrected chi connectivity index (χ1v) is 8.98. The Morgan fingerprint density at radius 2 is 1.78 bits per heavy atom. The summed E-state index contributed by atoms with van der Waals surface area (Å²) in [7, 11) is -3.53. The van der Waals surface area contributed by atoms with Crippen molar-refractivity contribution in [3.8, 4) is 0 Å². The van der Waals surface area contributed by atoms with Crippen LogP contribution in [0.3, 0.4) is 0 Å². The van der Waals surface area contributed by atoms with E-state index in [9.17, 15) is 8.42 Å². The summed E-state index contributed by atoms with van der Waals surface area (Å²) in [5.74, 6) is 0.678. The predicted octanol–water partition coefficient (Wildman–Crippen LogP) is 2.26. The fraction of sp³-hybridized carbons (Fsp3) is 0.250. The molecule has 1 aromatic carbocycles. The highest BCUT2D eigenvalue weighted by Gasteiger charge is 2.38. The van der Waals surface area contributed by atoms with Gasteiger partial charge in [0.15, 0.2) is 11.5 Å². The average Bonchev–Trinajstić information content (AvgIpc) is 3.22. The average molecular weight is 328 g/mol. The van der Waals surface area contributed by atoms with E-state index in [1.54, 1.807) is 28.6 Å². The Morgan fingerprint density at radius 3 is 2.61 bits per heavy atom. The largest absolute Gasteiger partial charge is 0.285 e. The van der Waals surface area contributed by atoms with Gasteiger partial charge in [-0.15, -0.1) is 10.2 Å². The van der Waals surface area contributed by atoms with Gasteiger partial charge in [-0.25, -0.2) is 8.42 Å². The first-order valence-electron chi connectivity index (χ1n) is 7.54. The molecule has 1 saturated heterocycles. The minimum Gasteiger partial charge on any atom is -0.285 e. The van der Waals surface area contributed by atoms with Crippen LogP contribution in [0.15, 0.2) is 59.6 Å². The van der Waals surface area contributed by atoms with Crippen molar-refractivity contribution in [3.63, 3.8) is 0 Å². The highest BCUT2D eigenvalue weighted by atomic mass is 32.2. The molecule has 2 aromatic heterocycles. The lowest BCUT2D eigenvalue weighted by molar-refractivity contribution is 0.381. The van der Waals surface area contributed by atoms with Gasteiger partial charge in [-0.1, -0.05) is 24.3 Å². The van der Waals surface area contributed by atoms with E-state index >= 15 is 0 Å². The number of aromatic nitrogens is 3. The minimum absolute atomic E-state index is 0.280. The van der Waals surface area contributed by atoms with Gasteiger partial charge in [-0.2, -0.15) is 4.31 Å². The zero-order valence-electron chi connectivity index (χ0n) is 12.4. The smallest absolute Gasteiger partial charge is 0.243 e. The van der Waals surface area contributed by atoms with Crippen LogP contribution in [-0.2, 0) is 10.0 Å². The molecule has 0 N–H and O–H groups in total. The summed E-state index contributed by atoms with van der Waals surface area (Å²) in [6.07, 6.45) is 3.44. The molecule has 0 bridgehead atoms. The molecule has 0 amide bonds. The Balaban J connectivity index is 1.78. The number of nitrogens with zero attached hydrogens (tertiary/aromatic N) is 4. The quantitative estimate of drug-likeness (QED) is 0.739. The van der Waals surface area contributed by atoms with E-state index in [1.807, 2.05) is 34.9 Å². The molecule has 0 aliphatic carbocycles. The van der Waals surface area contributed by atoms with Crippen LogP contribution in [0.1, 0.15) is 24.7 Å². The SMILES string of the molecule is O=S(=O)(c1ccccc1)N1CCCC1c1nnc2ccccn12. The fourth-order valence-electron chi connectivity index (χ4n) is 3.10. The van der Waals surface area contributed by atoms with E-state index in [2.05, 4.69) is 10.2 Å². The van der Waals surface area contributed by atoms with Crippen molar-refractivity contribution < 1.29 is 8.42 Å². The molecule has 7 heteroatoms. The molecule has 6 nitrogen and oxygen atoms in total. The molecule has 1 aliphatic rings. The highest BCUT2D eigenvalue weighted by molar-refractivity contribution is 7.89. The Hall–Kier alpha value is -2.25. The van der Waals surface area contributed by atoms with E-state index in [-0.39, 0.29) is 6.04 Å². The van der Waals surface area contributed by atoms with Crippen LogP contribution < -0.4 is 0 Å². The van der Waals surface area contributed by atoms with Crippen LogP contribution in [0.4, 0.5) is 0 Å². The van der Waals surface area contributed by atoms with E-state index in [4.69, 9.17) is 0 Å². The first-order chi connectivity index (χ1) is 11.2. The number of hydrogen-bond acceptors (Lipinski definition) is 4. The molecule has 3 aromatic rings. The lowest BCUT2D eigenvalue weighted by Gasteiger charge is -2.22. The summed E-state index contributed by atoms with van der Waals surface area (Å²) in [6.45, 7) is 0.504. The van der Waals surface area contributed by atoms with Gasteiger partial charge in [0.05, 0.1) is 10.9 Å². The summed E-state index contributed by atoms with van der Waals surface area (Å²) in [6, 6.07) is 13.9. The third kappa shape index (κ3) is 2.32. The minimum atomic E-state index is -3.53. The molecule has 1 unspecified atom stereocenters. The second kappa shape index (κ2) is 5.43. The molecule has 4 rings (SSSR count). The summed E-state index contributed by atoms with van der Waals surface area (Å²) < 4.78 is 29.3. The van der Waals surface area contributed by atoms with Gasteiger partial charge in [0, 0.05) is 12.7 Å². The second-order valence-electron chi connectivity index (χ2n) is 5.57. The number of rotatable bonds is 3. The summed E-state index contributed by atoms with van der Waals surface area (Å²) in [4.78, 5) is 0.320. The van der Waals surface area contributed by atoms with Crippen molar-refractivity contribution >= 4 is 15.7 Å². The molecule has 0 spiro atoms. The molecule has 1 atom stereocenters. The lowest BCUT2D eigenvalue weighted by Crippen LogP contribution is -2.31. The van der Waals surface area contributed by atoms with Gasteiger partial charge in [-0.05, 0) is 37.1 Å². The van der Waals surface area contributed by atoms with Gasteiger partial charge in [0.25, 0.3) is 0 Å². The van der Waals surface area contributed by atoms with Crippen molar-refractivity contribution in [1.82, 2.24) is 18.9 Å². The molecule has 23 heavy (non-hydrogen) atoms. The molecule has 1 aliphatic heterocycles. The van der Waals surface area contributed by atoms with Crippen molar-refractivity contribution in [2.45, 2.75) is 23.8 Å². The van der Waals surface area contributed by atoms with Gasteiger partial charge >= 0.3 is 0 Å². The third-order valence-corrected chi connectivity index (χ3v) is 6.11. The van der Waals surface area contributed by atoms with E-state index < -0.39 is 10.0 Å². The summed E-state index contributed by atoms with van der Waals surface area (Å²) in [5, 5.41) is 8.39. The molecule has 0 radical (unpaired) electrons. The number of fused-ring (bicyclic) bond motifs is 1. The molecule has 118 valence electrons. The molecule has 3 heterocycles. The molecule has 1 fully saturated rings. The van der Waals surface area contributed by atoms with Crippen LogP contribution in [0.2, 0.25) is 0 Å². The van der Waals surface area contributed by atoms with Gasteiger partial charge < -0.3 is 0 Å². The molecular formula is C16H16N4O2S. The van der Waals surface area contributed by atoms with E-state index in [0.717, 1.165) is 18.5 Å². The Morgan fingerprint density at radius 1 is 1.00 bits per heavy atom. The van der Waals surface area contributed by atoms with Crippen molar-refractivity contribution in [1.29, 1.82) is 0 Å². The van der Waals surface area contributed by atoms with Crippen LogP contribution >= 0.6 is 0 Å². The van der Waals surface area contributed by atoms with Crippen LogP contribution in [0.25, 0.3) is 5.65 Å². The monoisotopic (exact) mass is 328 g/mol.